The van der Waals surface area contributed by atoms with E-state index in [4.69, 9.17) is 17.0 Å². The van der Waals surface area contributed by atoms with Crippen LogP contribution in [0.25, 0.3) is 0 Å². The lowest BCUT2D eigenvalue weighted by Crippen LogP contribution is -2.41. The number of morpholine rings is 1. The molecule has 28 heavy (non-hydrogen) atoms. The predicted octanol–water partition coefficient (Wildman–Crippen LogP) is 2.94. The monoisotopic (exact) mass is 403 g/mol. The zero-order valence-corrected chi connectivity index (χ0v) is 16.1. The first-order valence-corrected chi connectivity index (χ1v) is 9.36. The molecule has 2 aliphatic rings. The standard InChI is InChI=1S/C20H19F2N3O2S/c1-20(13-2-4-14(5-3-13)24-8-10-27-11-9-24)18(26)25(19(28)23-20)15-6-7-16(21)17(22)12-15/h2-7,12H,8-11H2,1H3,(H,23,28). The van der Waals surface area contributed by atoms with Gasteiger partial charge in [-0.05, 0) is 49.0 Å². The van der Waals surface area contributed by atoms with Gasteiger partial charge >= 0.3 is 0 Å². The Hall–Kier alpha value is -2.58. The normalized spacial score (nSPS) is 22.5. The number of rotatable bonds is 3. The summed E-state index contributed by atoms with van der Waals surface area (Å²) < 4.78 is 32.3. The Kier molecular flexibility index (Phi) is 4.76. The van der Waals surface area contributed by atoms with Crippen molar-refractivity contribution in [1.82, 2.24) is 5.32 Å². The molecule has 2 aromatic rings. The number of benzene rings is 2. The Balaban J connectivity index is 1.61. The third-order valence-electron chi connectivity index (χ3n) is 5.17. The van der Waals surface area contributed by atoms with Gasteiger partial charge in [0.25, 0.3) is 5.91 Å². The summed E-state index contributed by atoms with van der Waals surface area (Å²) in [5, 5.41) is 3.18. The topological polar surface area (TPSA) is 44.8 Å². The fourth-order valence-electron chi connectivity index (χ4n) is 3.52. The number of halogens is 2. The number of ether oxygens (including phenoxy) is 1. The van der Waals surface area contributed by atoms with Crippen LogP contribution in [0.1, 0.15) is 12.5 Å². The van der Waals surface area contributed by atoms with Crippen molar-refractivity contribution in [3.8, 4) is 0 Å². The molecule has 2 aliphatic heterocycles. The van der Waals surface area contributed by atoms with Crippen LogP contribution in [0.5, 0.6) is 0 Å². The molecule has 0 radical (unpaired) electrons. The number of carbonyl (C=O) groups is 1. The van der Waals surface area contributed by atoms with Crippen molar-refractivity contribution in [3.63, 3.8) is 0 Å². The lowest BCUT2D eigenvalue weighted by Gasteiger charge is -2.29. The molecule has 2 fully saturated rings. The van der Waals surface area contributed by atoms with Gasteiger partial charge in [0.1, 0.15) is 5.54 Å². The van der Waals surface area contributed by atoms with Gasteiger partial charge in [-0.25, -0.2) is 8.78 Å². The molecule has 146 valence electrons. The largest absolute Gasteiger partial charge is 0.378 e. The van der Waals surface area contributed by atoms with Crippen LogP contribution in [0.4, 0.5) is 20.2 Å². The number of carbonyl (C=O) groups excluding carboxylic acids is 1. The minimum Gasteiger partial charge on any atom is -0.378 e. The Bertz CT molecular complexity index is 932. The molecule has 0 bridgehead atoms. The molecule has 1 N–H and O–H groups in total. The SMILES string of the molecule is CC1(c2ccc(N3CCOCC3)cc2)NC(=S)N(c2ccc(F)c(F)c2)C1=O. The molecule has 1 atom stereocenters. The minimum absolute atomic E-state index is 0.149. The summed E-state index contributed by atoms with van der Waals surface area (Å²) in [5.41, 5.74) is 0.893. The van der Waals surface area contributed by atoms with Crippen LogP contribution in [0.3, 0.4) is 0 Å². The Labute approximate surface area is 166 Å². The maximum Gasteiger partial charge on any atom is 0.263 e. The Morgan fingerprint density at radius 2 is 1.68 bits per heavy atom. The van der Waals surface area contributed by atoms with Crippen LogP contribution >= 0.6 is 12.2 Å². The van der Waals surface area contributed by atoms with E-state index in [1.165, 1.54) is 11.0 Å². The molecule has 2 saturated heterocycles. The summed E-state index contributed by atoms with van der Waals surface area (Å²) >= 11 is 5.31. The van der Waals surface area contributed by atoms with Crippen molar-refractivity contribution in [2.45, 2.75) is 12.5 Å². The summed E-state index contributed by atoms with van der Waals surface area (Å²) in [5.74, 6) is -2.35. The number of hydrogen-bond donors (Lipinski definition) is 1. The fourth-order valence-corrected chi connectivity index (χ4v) is 3.91. The summed E-state index contributed by atoms with van der Waals surface area (Å²) in [6.45, 7) is 4.75. The molecule has 2 aromatic carbocycles. The molecule has 1 amide bonds. The van der Waals surface area contributed by atoms with Crippen LogP contribution in [-0.2, 0) is 15.1 Å². The van der Waals surface area contributed by atoms with Crippen LogP contribution in [0.2, 0.25) is 0 Å². The first kappa shape index (κ1) is 18.8. The van der Waals surface area contributed by atoms with Crippen LogP contribution in [0.15, 0.2) is 42.5 Å². The van der Waals surface area contributed by atoms with E-state index >= 15 is 0 Å². The van der Waals surface area contributed by atoms with Crippen molar-refractivity contribution in [2.75, 3.05) is 36.1 Å². The molecular weight excluding hydrogens is 384 g/mol. The highest BCUT2D eigenvalue weighted by molar-refractivity contribution is 7.80. The second-order valence-electron chi connectivity index (χ2n) is 6.94. The van der Waals surface area contributed by atoms with Gasteiger partial charge in [-0.3, -0.25) is 9.69 Å². The quantitative estimate of drug-likeness (QED) is 0.799. The van der Waals surface area contributed by atoms with Crippen LogP contribution in [0, 0.1) is 11.6 Å². The highest BCUT2D eigenvalue weighted by Crippen LogP contribution is 2.33. The number of nitrogens with one attached hydrogen (secondary N) is 1. The molecule has 5 nitrogen and oxygen atoms in total. The Morgan fingerprint density at radius 3 is 2.32 bits per heavy atom. The smallest absolute Gasteiger partial charge is 0.263 e. The maximum atomic E-state index is 13.6. The van der Waals surface area contributed by atoms with E-state index in [0.717, 1.165) is 36.5 Å². The average molecular weight is 403 g/mol. The third kappa shape index (κ3) is 3.12. The van der Waals surface area contributed by atoms with Crippen molar-refractivity contribution in [1.29, 1.82) is 0 Å². The second-order valence-corrected chi connectivity index (χ2v) is 7.33. The Morgan fingerprint density at radius 1 is 1.04 bits per heavy atom. The number of thiocarbonyl (C=S) groups is 1. The van der Waals surface area contributed by atoms with Crippen LogP contribution < -0.4 is 15.1 Å². The van der Waals surface area contributed by atoms with E-state index in [1.54, 1.807) is 6.92 Å². The van der Waals surface area contributed by atoms with Gasteiger partial charge in [-0.2, -0.15) is 0 Å². The molecule has 2 heterocycles. The number of anilines is 2. The second kappa shape index (κ2) is 7.10. The molecule has 4 rings (SSSR count). The van der Waals surface area contributed by atoms with Crippen molar-refractivity contribution in [3.05, 3.63) is 59.7 Å². The van der Waals surface area contributed by atoms with Gasteiger partial charge in [-0.15, -0.1) is 0 Å². The number of amides is 1. The van der Waals surface area contributed by atoms with E-state index in [2.05, 4.69) is 10.2 Å². The van der Waals surface area contributed by atoms with Gasteiger partial charge in [0.15, 0.2) is 16.7 Å². The minimum atomic E-state index is -1.09. The van der Waals surface area contributed by atoms with Crippen LogP contribution in [-0.4, -0.2) is 37.3 Å². The molecule has 0 spiro atoms. The molecule has 0 aromatic heterocycles. The van der Waals surface area contributed by atoms with E-state index in [-0.39, 0.29) is 16.7 Å². The van der Waals surface area contributed by atoms with Crippen molar-refractivity contribution in [2.24, 2.45) is 0 Å². The third-order valence-corrected chi connectivity index (χ3v) is 5.46. The predicted molar refractivity (Wildman–Crippen MR) is 106 cm³/mol. The maximum absolute atomic E-state index is 13.6. The lowest BCUT2D eigenvalue weighted by atomic mass is 9.91. The highest BCUT2D eigenvalue weighted by Gasteiger charge is 2.47. The number of hydrogen-bond acceptors (Lipinski definition) is 4. The lowest BCUT2D eigenvalue weighted by molar-refractivity contribution is -0.121. The van der Waals surface area contributed by atoms with Gasteiger partial charge in [0.05, 0.1) is 18.9 Å². The average Bonchev–Trinajstić information content (AvgIpc) is 2.94. The first-order valence-electron chi connectivity index (χ1n) is 8.95. The zero-order valence-electron chi connectivity index (χ0n) is 15.2. The van der Waals surface area contributed by atoms with Crippen molar-refractivity contribution >= 4 is 34.6 Å². The molecule has 1 unspecified atom stereocenters. The summed E-state index contributed by atoms with van der Waals surface area (Å²) in [4.78, 5) is 16.6. The number of nitrogens with zero attached hydrogens (tertiary/aromatic N) is 2. The van der Waals surface area contributed by atoms with Gasteiger partial charge in [0.2, 0.25) is 0 Å². The van der Waals surface area contributed by atoms with Gasteiger partial charge < -0.3 is 15.0 Å². The molecular formula is C20H19F2N3O2S. The van der Waals surface area contributed by atoms with Gasteiger partial charge in [-0.1, -0.05) is 12.1 Å². The molecule has 0 aliphatic carbocycles. The molecule has 8 heteroatoms. The fraction of sp³-hybridized carbons (Fsp3) is 0.300. The molecule has 0 saturated carbocycles. The summed E-state index contributed by atoms with van der Waals surface area (Å²) in [6, 6.07) is 11.0. The van der Waals surface area contributed by atoms with E-state index < -0.39 is 17.2 Å². The zero-order chi connectivity index (χ0) is 19.9. The summed E-state index contributed by atoms with van der Waals surface area (Å²) in [7, 11) is 0. The van der Waals surface area contributed by atoms with E-state index in [1.807, 2.05) is 24.3 Å². The van der Waals surface area contributed by atoms with E-state index in [9.17, 15) is 13.6 Å². The van der Waals surface area contributed by atoms with Gasteiger partial charge in [0, 0.05) is 24.8 Å². The van der Waals surface area contributed by atoms with Crippen molar-refractivity contribution < 1.29 is 18.3 Å². The highest BCUT2D eigenvalue weighted by atomic mass is 32.1. The summed E-state index contributed by atoms with van der Waals surface area (Å²) in [6.07, 6.45) is 0. The van der Waals surface area contributed by atoms with E-state index in [0.29, 0.717) is 13.2 Å². The first-order chi connectivity index (χ1) is 13.4.